The third-order valence-electron chi connectivity index (χ3n) is 2.30. The molecule has 0 aromatic heterocycles. The second-order valence-corrected chi connectivity index (χ2v) is 3.28. The molecular weight excluding hydrogens is 204 g/mol. The summed E-state index contributed by atoms with van der Waals surface area (Å²) in [5.41, 5.74) is 2.40. The van der Waals surface area contributed by atoms with Crippen molar-refractivity contribution < 1.29 is 14.3 Å². The highest BCUT2D eigenvalue weighted by Gasteiger charge is 2.14. The zero-order valence-electron chi connectivity index (χ0n) is 9.82. The maximum Gasteiger partial charge on any atom is 0.338 e. The van der Waals surface area contributed by atoms with Crippen molar-refractivity contribution in [1.82, 2.24) is 0 Å². The van der Waals surface area contributed by atoms with E-state index in [2.05, 4.69) is 0 Å². The zero-order valence-corrected chi connectivity index (χ0v) is 9.82. The van der Waals surface area contributed by atoms with Gasteiger partial charge in [0.2, 0.25) is 0 Å². The molecule has 0 N–H and O–H groups in total. The van der Waals surface area contributed by atoms with Crippen LogP contribution < -0.4 is 0 Å². The minimum atomic E-state index is -0.328. The first kappa shape index (κ1) is 12.5. The average Bonchev–Trinajstić information content (AvgIpc) is 2.32. The SMILES string of the molecule is CC=C(C(=O)OC)c1ccccc1COC. The van der Waals surface area contributed by atoms with Gasteiger partial charge in [-0.15, -0.1) is 0 Å². The maximum atomic E-state index is 11.6. The molecule has 3 heteroatoms. The van der Waals surface area contributed by atoms with E-state index >= 15 is 0 Å². The molecule has 1 rings (SSSR count). The van der Waals surface area contributed by atoms with E-state index in [0.29, 0.717) is 12.2 Å². The summed E-state index contributed by atoms with van der Waals surface area (Å²) >= 11 is 0. The van der Waals surface area contributed by atoms with E-state index in [9.17, 15) is 4.79 Å². The van der Waals surface area contributed by atoms with E-state index in [4.69, 9.17) is 9.47 Å². The molecule has 1 aromatic carbocycles. The Morgan fingerprint density at radius 3 is 2.56 bits per heavy atom. The number of rotatable bonds is 4. The first-order valence-electron chi connectivity index (χ1n) is 5.06. The lowest BCUT2D eigenvalue weighted by Crippen LogP contribution is -2.06. The quantitative estimate of drug-likeness (QED) is 0.577. The van der Waals surface area contributed by atoms with E-state index in [0.717, 1.165) is 11.1 Å². The number of methoxy groups -OCH3 is 2. The maximum absolute atomic E-state index is 11.6. The summed E-state index contributed by atoms with van der Waals surface area (Å²) in [4.78, 5) is 11.6. The van der Waals surface area contributed by atoms with E-state index in [-0.39, 0.29) is 5.97 Å². The molecule has 0 aliphatic carbocycles. The topological polar surface area (TPSA) is 35.5 Å². The number of esters is 1. The summed E-state index contributed by atoms with van der Waals surface area (Å²) < 4.78 is 9.84. The minimum Gasteiger partial charge on any atom is -0.465 e. The van der Waals surface area contributed by atoms with Crippen molar-refractivity contribution >= 4 is 11.5 Å². The van der Waals surface area contributed by atoms with Crippen LogP contribution >= 0.6 is 0 Å². The van der Waals surface area contributed by atoms with Crippen LogP contribution in [0.5, 0.6) is 0 Å². The number of allylic oxidation sites excluding steroid dienone is 1. The van der Waals surface area contributed by atoms with Crippen LogP contribution in [0.25, 0.3) is 5.57 Å². The zero-order chi connectivity index (χ0) is 12.0. The van der Waals surface area contributed by atoms with Crippen LogP contribution in [-0.4, -0.2) is 20.2 Å². The Morgan fingerprint density at radius 1 is 1.31 bits per heavy atom. The summed E-state index contributed by atoms with van der Waals surface area (Å²) in [6.45, 7) is 2.29. The van der Waals surface area contributed by atoms with Crippen molar-refractivity contribution in [3.8, 4) is 0 Å². The molecule has 86 valence electrons. The molecule has 0 amide bonds. The predicted molar refractivity (Wildman–Crippen MR) is 62.8 cm³/mol. The number of hydrogen-bond acceptors (Lipinski definition) is 3. The monoisotopic (exact) mass is 220 g/mol. The fourth-order valence-corrected chi connectivity index (χ4v) is 1.56. The van der Waals surface area contributed by atoms with Gasteiger partial charge in [-0.2, -0.15) is 0 Å². The molecule has 0 saturated carbocycles. The highest BCUT2D eigenvalue weighted by molar-refractivity contribution is 6.16. The third kappa shape index (κ3) is 2.70. The Morgan fingerprint density at radius 2 is 2.00 bits per heavy atom. The van der Waals surface area contributed by atoms with E-state index in [1.54, 1.807) is 13.2 Å². The van der Waals surface area contributed by atoms with Crippen molar-refractivity contribution in [2.45, 2.75) is 13.5 Å². The first-order chi connectivity index (χ1) is 7.74. The second-order valence-electron chi connectivity index (χ2n) is 3.28. The summed E-state index contributed by atoms with van der Waals surface area (Å²) in [5, 5.41) is 0. The van der Waals surface area contributed by atoms with Gasteiger partial charge in [0.1, 0.15) is 0 Å². The molecule has 0 spiro atoms. The van der Waals surface area contributed by atoms with Gasteiger partial charge in [0.05, 0.1) is 19.3 Å². The van der Waals surface area contributed by atoms with Gasteiger partial charge in [-0.1, -0.05) is 30.3 Å². The minimum absolute atomic E-state index is 0.328. The van der Waals surface area contributed by atoms with Gasteiger partial charge in [-0.3, -0.25) is 0 Å². The second kappa shape index (κ2) is 6.08. The Kier molecular flexibility index (Phi) is 4.73. The van der Waals surface area contributed by atoms with E-state index in [1.807, 2.05) is 31.2 Å². The molecule has 0 aliphatic rings. The Hall–Kier alpha value is -1.61. The molecule has 0 heterocycles. The van der Waals surface area contributed by atoms with Crippen LogP contribution in [0, 0.1) is 0 Å². The van der Waals surface area contributed by atoms with Crippen LogP contribution in [0.4, 0.5) is 0 Å². The van der Waals surface area contributed by atoms with E-state index in [1.165, 1.54) is 7.11 Å². The standard InChI is InChI=1S/C13H16O3/c1-4-11(13(14)16-3)12-8-6-5-7-10(12)9-15-2/h4-8H,9H2,1-3H3. The highest BCUT2D eigenvalue weighted by atomic mass is 16.5. The molecule has 0 saturated heterocycles. The molecule has 16 heavy (non-hydrogen) atoms. The van der Waals surface area contributed by atoms with Crippen molar-refractivity contribution in [2.75, 3.05) is 14.2 Å². The van der Waals surface area contributed by atoms with Crippen molar-refractivity contribution in [3.63, 3.8) is 0 Å². The van der Waals surface area contributed by atoms with Gasteiger partial charge in [-0.05, 0) is 18.1 Å². The predicted octanol–water partition coefficient (Wildman–Crippen LogP) is 2.41. The third-order valence-corrected chi connectivity index (χ3v) is 2.30. The summed E-state index contributed by atoms with van der Waals surface area (Å²) in [5.74, 6) is -0.328. The van der Waals surface area contributed by atoms with Crippen molar-refractivity contribution in [1.29, 1.82) is 0 Å². The smallest absolute Gasteiger partial charge is 0.338 e. The van der Waals surface area contributed by atoms with Crippen LogP contribution in [0.15, 0.2) is 30.3 Å². The Bertz CT molecular complexity index is 394. The Balaban J connectivity index is 3.15. The molecule has 0 radical (unpaired) electrons. The fourth-order valence-electron chi connectivity index (χ4n) is 1.56. The van der Waals surface area contributed by atoms with Crippen molar-refractivity contribution in [2.24, 2.45) is 0 Å². The first-order valence-corrected chi connectivity index (χ1v) is 5.06. The van der Waals surface area contributed by atoms with Gasteiger partial charge >= 0.3 is 5.97 Å². The number of hydrogen-bond donors (Lipinski definition) is 0. The van der Waals surface area contributed by atoms with E-state index < -0.39 is 0 Å². The molecular formula is C13H16O3. The van der Waals surface area contributed by atoms with Gasteiger partial charge in [0, 0.05) is 7.11 Å². The number of ether oxygens (including phenoxy) is 2. The van der Waals surface area contributed by atoms with Gasteiger partial charge in [0.25, 0.3) is 0 Å². The largest absolute Gasteiger partial charge is 0.465 e. The molecule has 3 nitrogen and oxygen atoms in total. The van der Waals surface area contributed by atoms with Crippen LogP contribution in [0.2, 0.25) is 0 Å². The average molecular weight is 220 g/mol. The molecule has 0 atom stereocenters. The highest BCUT2D eigenvalue weighted by Crippen LogP contribution is 2.21. The lowest BCUT2D eigenvalue weighted by molar-refractivity contribution is -0.133. The normalized spacial score (nSPS) is 11.3. The van der Waals surface area contributed by atoms with Gasteiger partial charge in [-0.25, -0.2) is 4.79 Å². The molecule has 0 aliphatic heterocycles. The molecule has 0 bridgehead atoms. The molecule has 0 fully saturated rings. The number of carbonyl (C=O) groups is 1. The number of carbonyl (C=O) groups excluding carboxylic acids is 1. The lowest BCUT2D eigenvalue weighted by atomic mass is 10.00. The molecule has 0 unspecified atom stereocenters. The summed E-state index contributed by atoms with van der Waals surface area (Å²) in [6.07, 6.45) is 1.75. The Labute approximate surface area is 95.7 Å². The van der Waals surface area contributed by atoms with Crippen LogP contribution in [0.3, 0.4) is 0 Å². The van der Waals surface area contributed by atoms with Crippen LogP contribution in [0.1, 0.15) is 18.1 Å². The van der Waals surface area contributed by atoms with Gasteiger partial charge < -0.3 is 9.47 Å². The van der Waals surface area contributed by atoms with Crippen molar-refractivity contribution in [3.05, 3.63) is 41.5 Å². The van der Waals surface area contributed by atoms with Crippen LogP contribution in [-0.2, 0) is 20.9 Å². The number of benzene rings is 1. The fraction of sp³-hybridized carbons (Fsp3) is 0.308. The summed E-state index contributed by atoms with van der Waals surface area (Å²) in [7, 11) is 3.01. The van der Waals surface area contributed by atoms with Gasteiger partial charge in [0.15, 0.2) is 0 Å². The summed E-state index contributed by atoms with van der Waals surface area (Å²) in [6, 6.07) is 7.63. The lowest BCUT2D eigenvalue weighted by Gasteiger charge is -2.10. The molecule has 1 aromatic rings.